The molecule has 2 aromatic carbocycles. The summed E-state index contributed by atoms with van der Waals surface area (Å²) >= 11 is 0. The Morgan fingerprint density at radius 2 is 1.66 bits per heavy atom. The van der Waals surface area contributed by atoms with Gasteiger partial charge in [-0.3, -0.25) is 9.69 Å². The van der Waals surface area contributed by atoms with Crippen LogP contribution in [0.5, 0.6) is 0 Å². The lowest BCUT2D eigenvalue weighted by Crippen LogP contribution is -2.49. The molecule has 0 bridgehead atoms. The Kier molecular flexibility index (Phi) is 7.25. The fraction of sp³-hybridized carbons (Fsp3) is 0.391. The number of carbonyl (C=O) groups excluding carboxylic acids is 2. The van der Waals surface area contributed by atoms with Gasteiger partial charge < -0.3 is 5.32 Å². The van der Waals surface area contributed by atoms with E-state index in [1.54, 1.807) is 0 Å². The number of rotatable bonds is 8. The van der Waals surface area contributed by atoms with Crippen molar-refractivity contribution in [3.8, 4) is 0 Å². The summed E-state index contributed by atoms with van der Waals surface area (Å²) in [7, 11) is 0. The van der Waals surface area contributed by atoms with Crippen LogP contribution in [0.4, 0.5) is 4.79 Å². The van der Waals surface area contributed by atoms with Crippen LogP contribution >= 0.6 is 0 Å². The van der Waals surface area contributed by atoms with Crippen molar-refractivity contribution in [2.45, 2.75) is 39.3 Å². The monoisotopic (exact) mass is 394 g/mol. The molecule has 0 radical (unpaired) electrons. The zero-order valence-electron chi connectivity index (χ0n) is 17.2. The quantitative estimate of drug-likeness (QED) is 0.723. The van der Waals surface area contributed by atoms with Crippen LogP contribution in [-0.4, -0.2) is 41.1 Å². The zero-order chi connectivity index (χ0) is 20.6. The number of hydrogen-bond acceptors (Lipinski definition) is 3. The fourth-order valence-corrected chi connectivity index (χ4v) is 3.58. The maximum Gasteiger partial charge on any atom is 0.333 e. The number of nitrogens with one attached hydrogen (secondary N) is 2. The first-order valence-electron chi connectivity index (χ1n) is 10.2. The highest BCUT2D eigenvalue weighted by Crippen LogP contribution is 2.22. The molecule has 1 heterocycles. The number of hydrazine groups is 1. The minimum Gasteiger partial charge on any atom is -0.336 e. The van der Waals surface area contributed by atoms with Gasteiger partial charge >= 0.3 is 6.03 Å². The van der Waals surface area contributed by atoms with Gasteiger partial charge in [0.2, 0.25) is 0 Å². The second kappa shape index (κ2) is 10.1. The molecular weight excluding hydrogens is 364 g/mol. The average molecular weight is 395 g/mol. The molecule has 1 fully saturated rings. The van der Waals surface area contributed by atoms with E-state index in [4.69, 9.17) is 0 Å². The van der Waals surface area contributed by atoms with Crippen LogP contribution in [-0.2, 0) is 17.8 Å². The molecule has 154 valence electrons. The molecular formula is C23H30N4O2. The predicted molar refractivity (Wildman–Crippen MR) is 114 cm³/mol. The van der Waals surface area contributed by atoms with Gasteiger partial charge in [-0.1, -0.05) is 74.5 Å². The van der Waals surface area contributed by atoms with E-state index in [1.807, 2.05) is 48.5 Å². The SMILES string of the molecule is CC(C)CC1C(=O)N(NC(=O)NCCc2ccccc2)CN1Cc1ccccc1. The summed E-state index contributed by atoms with van der Waals surface area (Å²) in [5, 5.41) is 4.27. The van der Waals surface area contributed by atoms with E-state index in [1.165, 1.54) is 5.01 Å². The number of hydrogen-bond donors (Lipinski definition) is 2. The lowest BCUT2D eigenvalue weighted by molar-refractivity contribution is -0.131. The third kappa shape index (κ3) is 6.06. The van der Waals surface area contributed by atoms with E-state index in [2.05, 4.69) is 41.6 Å². The largest absolute Gasteiger partial charge is 0.336 e. The highest BCUT2D eigenvalue weighted by molar-refractivity contribution is 5.86. The van der Waals surface area contributed by atoms with Crippen molar-refractivity contribution < 1.29 is 9.59 Å². The number of carbonyl (C=O) groups is 2. The van der Waals surface area contributed by atoms with Crippen molar-refractivity contribution in [2.24, 2.45) is 5.92 Å². The normalized spacial score (nSPS) is 17.0. The fourth-order valence-electron chi connectivity index (χ4n) is 3.58. The van der Waals surface area contributed by atoms with Gasteiger partial charge in [0.15, 0.2) is 0 Å². The molecule has 0 saturated carbocycles. The summed E-state index contributed by atoms with van der Waals surface area (Å²) in [6.07, 6.45) is 1.51. The average Bonchev–Trinajstić information content (AvgIpc) is 2.98. The number of nitrogens with zero attached hydrogens (tertiary/aromatic N) is 2. The highest BCUT2D eigenvalue weighted by Gasteiger charge is 2.39. The van der Waals surface area contributed by atoms with Crippen LogP contribution in [0.1, 0.15) is 31.4 Å². The molecule has 2 aromatic rings. The molecule has 1 aliphatic heterocycles. The number of amides is 3. The minimum atomic E-state index is -0.348. The lowest BCUT2D eigenvalue weighted by Gasteiger charge is -2.22. The van der Waals surface area contributed by atoms with Crippen molar-refractivity contribution >= 4 is 11.9 Å². The van der Waals surface area contributed by atoms with Gasteiger partial charge in [-0.05, 0) is 29.9 Å². The summed E-state index contributed by atoms with van der Waals surface area (Å²) in [5.74, 6) is 0.342. The molecule has 6 nitrogen and oxygen atoms in total. The summed E-state index contributed by atoms with van der Waals surface area (Å²) in [4.78, 5) is 27.3. The maximum atomic E-state index is 12.9. The molecule has 1 aliphatic rings. The van der Waals surface area contributed by atoms with Gasteiger partial charge in [0.25, 0.3) is 5.91 Å². The van der Waals surface area contributed by atoms with Crippen LogP contribution in [0.3, 0.4) is 0 Å². The minimum absolute atomic E-state index is 0.0483. The Morgan fingerprint density at radius 3 is 2.28 bits per heavy atom. The van der Waals surface area contributed by atoms with Gasteiger partial charge in [-0.2, -0.15) is 0 Å². The molecule has 29 heavy (non-hydrogen) atoms. The van der Waals surface area contributed by atoms with Crippen molar-refractivity contribution in [1.82, 2.24) is 20.7 Å². The molecule has 1 atom stereocenters. The smallest absolute Gasteiger partial charge is 0.333 e. The van der Waals surface area contributed by atoms with E-state index in [9.17, 15) is 9.59 Å². The van der Waals surface area contributed by atoms with E-state index >= 15 is 0 Å². The summed E-state index contributed by atoms with van der Waals surface area (Å²) in [6.45, 7) is 5.80. The van der Waals surface area contributed by atoms with Gasteiger partial charge in [-0.15, -0.1) is 0 Å². The Hall–Kier alpha value is -2.86. The molecule has 0 aromatic heterocycles. The van der Waals surface area contributed by atoms with E-state index in [-0.39, 0.29) is 18.0 Å². The Labute approximate surface area is 172 Å². The first kappa shape index (κ1) is 20.9. The lowest BCUT2D eigenvalue weighted by atomic mass is 10.0. The molecule has 3 rings (SSSR count). The second-order valence-electron chi connectivity index (χ2n) is 7.89. The van der Waals surface area contributed by atoms with Crippen LogP contribution in [0.25, 0.3) is 0 Å². The Morgan fingerprint density at radius 1 is 1.03 bits per heavy atom. The first-order valence-corrected chi connectivity index (χ1v) is 10.2. The van der Waals surface area contributed by atoms with E-state index in [0.29, 0.717) is 25.7 Å². The molecule has 2 N–H and O–H groups in total. The van der Waals surface area contributed by atoms with Crippen molar-refractivity contribution in [2.75, 3.05) is 13.2 Å². The van der Waals surface area contributed by atoms with Gasteiger partial charge in [0.05, 0.1) is 12.7 Å². The number of urea groups is 1. The van der Waals surface area contributed by atoms with Crippen LogP contribution < -0.4 is 10.7 Å². The second-order valence-corrected chi connectivity index (χ2v) is 7.89. The molecule has 1 saturated heterocycles. The third-order valence-corrected chi connectivity index (χ3v) is 5.02. The van der Waals surface area contributed by atoms with E-state index < -0.39 is 0 Å². The van der Waals surface area contributed by atoms with E-state index in [0.717, 1.165) is 24.0 Å². The summed E-state index contributed by atoms with van der Waals surface area (Å²) in [6, 6.07) is 19.5. The van der Waals surface area contributed by atoms with Crippen molar-refractivity contribution in [3.05, 3.63) is 71.8 Å². The van der Waals surface area contributed by atoms with Crippen LogP contribution in [0.15, 0.2) is 60.7 Å². The summed E-state index contributed by atoms with van der Waals surface area (Å²) in [5.41, 5.74) is 5.04. The molecule has 0 aliphatic carbocycles. The van der Waals surface area contributed by atoms with Gasteiger partial charge in [-0.25, -0.2) is 15.2 Å². The predicted octanol–water partition coefficient (Wildman–Crippen LogP) is 3.16. The summed E-state index contributed by atoms with van der Waals surface area (Å²) < 4.78 is 0. The topological polar surface area (TPSA) is 64.7 Å². The van der Waals surface area contributed by atoms with Gasteiger partial charge in [0, 0.05) is 13.1 Å². The molecule has 3 amide bonds. The zero-order valence-corrected chi connectivity index (χ0v) is 17.2. The maximum absolute atomic E-state index is 12.9. The van der Waals surface area contributed by atoms with Crippen molar-refractivity contribution in [3.63, 3.8) is 0 Å². The third-order valence-electron chi connectivity index (χ3n) is 5.02. The van der Waals surface area contributed by atoms with Gasteiger partial charge in [0.1, 0.15) is 0 Å². The molecule has 1 unspecified atom stereocenters. The number of benzene rings is 2. The van der Waals surface area contributed by atoms with Crippen molar-refractivity contribution in [1.29, 1.82) is 0 Å². The first-order chi connectivity index (χ1) is 14.0. The standard InChI is InChI=1S/C23H30N4O2/c1-18(2)15-21-22(28)27(17-26(21)16-20-11-7-4-8-12-20)25-23(29)24-14-13-19-9-5-3-6-10-19/h3-12,18,21H,13-17H2,1-2H3,(H2,24,25,29). The Bertz CT molecular complexity index is 795. The van der Waals surface area contributed by atoms with Crippen LogP contribution in [0.2, 0.25) is 0 Å². The molecule has 6 heteroatoms. The van der Waals surface area contributed by atoms with Crippen LogP contribution in [0, 0.1) is 5.92 Å². The highest BCUT2D eigenvalue weighted by atomic mass is 16.2. The Balaban J connectivity index is 1.55. The molecule has 0 spiro atoms.